The zero-order valence-corrected chi connectivity index (χ0v) is 24.4. The van der Waals surface area contributed by atoms with Gasteiger partial charge in [-0.25, -0.2) is 0 Å². The average molecular weight is 483 g/mol. The molecular formula is C31H47ClN2. The van der Waals surface area contributed by atoms with Crippen LogP contribution in [-0.4, -0.2) is 6.67 Å². The molecule has 0 saturated heterocycles. The highest BCUT2D eigenvalue weighted by atomic mass is 35.5. The van der Waals surface area contributed by atoms with E-state index in [0.717, 1.165) is 6.67 Å². The number of rotatable bonds is 2. The van der Waals surface area contributed by atoms with Gasteiger partial charge in [0.25, 0.3) is 0 Å². The van der Waals surface area contributed by atoms with Crippen LogP contribution in [0.25, 0.3) is 0 Å². The first-order chi connectivity index (χ1) is 14.9. The molecule has 2 aromatic rings. The molecule has 188 valence electrons. The van der Waals surface area contributed by atoms with E-state index in [4.69, 9.17) is 0 Å². The smallest absolute Gasteiger partial charge is 0.0989 e. The molecule has 1 aliphatic rings. The van der Waals surface area contributed by atoms with Crippen molar-refractivity contribution >= 4 is 23.8 Å². The van der Waals surface area contributed by atoms with E-state index in [1.54, 1.807) is 0 Å². The van der Waals surface area contributed by atoms with Gasteiger partial charge in [0.1, 0.15) is 0 Å². The predicted molar refractivity (Wildman–Crippen MR) is 154 cm³/mol. The van der Waals surface area contributed by atoms with E-state index < -0.39 is 0 Å². The molecule has 3 rings (SSSR count). The van der Waals surface area contributed by atoms with Gasteiger partial charge >= 0.3 is 0 Å². The van der Waals surface area contributed by atoms with Crippen LogP contribution in [0.4, 0.5) is 11.4 Å². The number of hydrogen-bond acceptors (Lipinski definition) is 2. The molecule has 34 heavy (non-hydrogen) atoms. The second-order valence-electron chi connectivity index (χ2n) is 13.8. The van der Waals surface area contributed by atoms with E-state index in [1.165, 1.54) is 33.6 Å². The summed E-state index contributed by atoms with van der Waals surface area (Å²) in [6.45, 7) is 28.7. The van der Waals surface area contributed by atoms with Crippen LogP contribution < -0.4 is 9.80 Å². The molecule has 0 amide bonds. The zero-order valence-electron chi connectivity index (χ0n) is 23.6. The topological polar surface area (TPSA) is 6.48 Å². The van der Waals surface area contributed by atoms with Crippen molar-refractivity contribution in [2.75, 3.05) is 16.5 Å². The summed E-state index contributed by atoms with van der Waals surface area (Å²) in [5.41, 5.74) is 8.61. The lowest BCUT2D eigenvalue weighted by atomic mass is 9.78. The molecule has 0 fully saturated rings. The third kappa shape index (κ3) is 5.65. The largest absolute Gasteiger partial charge is 0.327 e. The van der Waals surface area contributed by atoms with E-state index in [2.05, 4.69) is 142 Å². The highest BCUT2D eigenvalue weighted by Crippen LogP contribution is 2.44. The standard InChI is InChI=1S/C31H46N2.ClH/c1-28(2,3)22-15-13-16-23(29(4,5)6)26(22)32-19-20-33(21-32)27-24(30(7,8)9)17-14-18-25(27)31(10,11)12;/h13-20H,21H2,1-12H3;1H. The lowest BCUT2D eigenvalue weighted by Crippen LogP contribution is -2.32. The third-order valence-corrected chi connectivity index (χ3v) is 6.61. The first-order valence-electron chi connectivity index (χ1n) is 12.4. The van der Waals surface area contributed by atoms with Crippen LogP contribution >= 0.6 is 12.4 Å². The Balaban J connectivity index is 0.00000408. The number of halogens is 1. The highest BCUT2D eigenvalue weighted by Gasteiger charge is 2.33. The molecule has 2 nitrogen and oxygen atoms in total. The second-order valence-corrected chi connectivity index (χ2v) is 13.8. The molecule has 0 atom stereocenters. The number of nitrogens with zero attached hydrogens (tertiary/aromatic N) is 2. The maximum absolute atomic E-state index is 2.47. The van der Waals surface area contributed by atoms with Gasteiger partial charge in [0, 0.05) is 23.8 Å². The summed E-state index contributed by atoms with van der Waals surface area (Å²) in [5.74, 6) is 0. The number of hydrogen-bond donors (Lipinski definition) is 0. The van der Waals surface area contributed by atoms with E-state index >= 15 is 0 Å². The molecule has 0 spiro atoms. The summed E-state index contributed by atoms with van der Waals surface area (Å²) < 4.78 is 0. The van der Waals surface area contributed by atoms with Crippen molar-refractivity contribution in [3.8, 4) is 0 Å². The molecule has 0 N–H and O–H groups in total. The summed E-state index contributed by atoms with van der Waals surface area (Å²) >= 11 is 0. The molecular weight excluding hydrogens is 436 g/mol. The SMILES string of the molecule is CC(C)(C)c1cccc(C(C)(C)C)c1N1C=CN(c2c(C(C)(C)C)cccc2C(C)(C)C)C1.Cl. The van der Waals surface area contributed by atoms with Crippen molar-refractivity contribution in [2.24, 2.45) is 0 Å². The van der Waals surface area contributed by atoms with Crippen LogP contribution in [0.1, 0.15) is 105 Å². The molecule has 3 heteroatoms. The van der Waals surface area contributed by atoms with Crippen LogP contribution in [0, 0.1) is 0 Å². The summed E-state index contributed by atoms with van der Waals surface area (Å²) in [4.78, 5) is 4.93. The first-order valence-corrected chi connectivity index (χ1v) is 12.4. The van der Waals surface area contributed by atoms with Crippen LogP contribution in [0.15, 0.2) is 48.8 Å². The predicted octanol–water partition coefficient (Wildman–Crippen LogP) is 9.05. The molecule has 0 radical (unpaired) electrons. The first kappa shape index (κ1) is 28.3. The van der Waals surface area contributed by atoms with E-state index in [-0.39, 0.29) is 34.1 Å². The van der Waals surface area contributed by atoms with Crippen molar-refractivity contribution in [1.82, 2.24) is 0 Å². The number of anilines is 2. The molecule has 2 aromatic carbocycles. The van der Waals surface area contributed by atoms with E-state index in [9.17, 15) is 0 Å². The Kier molecular flexibility index (Phi) is 7.71. The van der Waals surface area contributed by atoms with Crippen LogP contribution in [0.5, 0.6) is 0 Å². The quantitative estimate of drug-likeness (QED) is 0.421. The minimum Gasteiger partial charge on any atom is -0.327 e. The fourth-order valence-electron chi connectivity index (χ4n) is 4.84. The zero-order chi connectivity index (χ0) is 25.0. The van der Waals surface area contributed by atoms with Crippen LogP contribution in [-0.2, 0) is 21.7 Å². The van der Waals surface area contributed by atoms with E-state index in [0.29, 0.717) is 0 Å². The van der Waals surface area contributed by atoms with Crippen molar-refractivity contribution in [1.29, 1.82) is 0 Å². The van der Waals surface area contributed by atoms with Gasteiger partial charge in [-0.15, -0.1) is 12.4 Å². The maximum Gasteiger partial charge on any atom is 0.0989 e. The number of benzene rings is 2. The molecule has 1 aliphatic heterocycles. The average Bonchev–Trinajstić information content (AvgIpc) is 3.13. The van der Waals surface area contributed by atoms with Crippen molar-refractivity contribution in [3.05, 3.63) is 71.1 Å². The number of para-hydroxylation sites is 2. The van der Waals surface area contributed by atoms with Crippen molar-refractivity contribution < 1.29 is 0 Å². The van der Waals surface area contributed by atoms with Crippen molar-refractivity contribution in [2.45, 2.75) is 105 Å². The Hall–Kier alpha value is -1.93. The summed E-state index contributed by atoms with van der Waals surface area (Å²) in [7, 11) is 0. The van der Waals surface area contributed by atoms with Gasteiger partial charge in [-0.1, -0.05) is 119 Å². The van der Waals surface area contributed by atoms with Gasteiger partial charge in [0.05, 0.1) is 6.67 Å². The second kappa shape index (κ2) is 9.26. The van der Waals surface area contributed by atoms with Gasteiger partial charge in [0.2, 0.25) is 0 Å². The normalized spacial score (nSPS) is 15.1. The molecule has 0 saturated carbocycles. The Bertz CT molecular complexity index is 889. The summed E-state index contributed by atoms with van der Waals surface area (Å²) in [6.07, 6.45) is 4.57. The highest BCUT2D eigenvalue weighted by molar-refractivity contribution is 5.85. The van der Waals surface area contributed by atoms with Gasteiger partial charge in [0.15, 0.2) is 0 Å². The lowest BCUT2D eigenvalue weighted by Gasteiger charge is -2.36. The molecule has 0 aromatic heterocycles. The minimum absolute atomic E-state index is 0. The van der Waals surface area contributed by atoms with Crippen LogP contribution in [0.3, 0.4) is 0 Å². The molecule has 0 unspecified atom stereocenters. The van der Waals surface area contributed by atoms with Crippen LogP contribution in [0.2, 0.25) is 0 Å². The maximum atomic E-state index is 2.47. The van der Waals surface area contributed by atoms with Gasteiger partial charge in [-0.3, -0.25) is 0 Å². The van der Waals surface area contributed by atoms with E-state index in [1.807, 2.05) is 0 Å². The monoisotopic (exact) mass is 482 g/mol. The fraction of sp³-hybridized carbons (Fsp3) is 0.548. The molecule has 0 aliphatic carbocycles. The van der Waals surface area contributed by atoms with Gasteiger partial charge in [-0.05, 0) is 43.9 Å². The Morgan fingerprint density at radius 1 is 0.471 bits per heavy atom. The fourth-order valence-corrected chi connectivity index (χ4v) is 4.84. The summed E-state index contributed by atoms with van der Waals surface area (Å²) in [5, 5.41) is 0. The molecule has 1 heterocycles. The Morgan fingerprint density at radius 2 is 0.706 bits per heavy atom. The Morgan fingerprint density at radius 3 is 0.912 bits per heavy atom. The van der Waals surface area contributed by atoms with Gasteiger partial charge < -0.3 is 9.80 Å². The minimum atomic E-state index is 0. The lowest BCUT2D eigenvalue weighted by molar-refractivity contribution is 0.565. The van der Waals surface area contributed by atoms with Gasteiger partial charge in [-0.2, -0.15) is 0 Å². The third-order valence-electron chi connectivity index (χ3n) is 6.61. The summed E-state index contributed by atoms with van der Waals surface area (Å²) in [6, 6.07) is 13.7. The van der Waals surface area contributed by atoms with Crippen molar-refractivity contribution in [3.63, 3.8) is 0 Å². The Labute approximate surface area is 215 Å². The molecule has 0 bridgehead atoms.